The Balaban J connectivity index is 2.17. The normalized spacial score (nSPS) is 29.6. The second kappa shape index (κ2) is 4.88. The number of nitrogens with two attached hydrogens (primary N) is 1. The fourth-order valence-corrected chi connectivity index (χ4v) is 3.61. The van der Waals surface area contributed by atoms with E-state index in [9.17, 15) is 0 Å². The summed E-state index contributed by atoms with van der Waals surface area (Å²) in [6.45, 7) is 2.15. The summed E-state index contributed by atoms with van der Waals surface area (Å²) in [6, 6.07) is 8.40. The van der Waals surface area contributed by atoms with Gasteiger partial charge in [0.25, 0.3) is 0 Å². The third-order valence-corrected chi connectivity index (χ3v) is 4.79. The second-order valence-corrected chi connectivity index (χ2v) is 5.58. The molecule has 1 saturated carbocycles. The number of methoxy groups -OCH3 is 2. The van der Waals surface area contributed by atoms with E-state index in [1.165, 1.54) is 22.2 Å². The van der Waals surface area contributed by atoms with Crippen LogP contribution in [-0.4, -0.2) is 37.0 Å². The lowest BCUT2D eigenvalue weighted by Gasteiger charge is -2.48. The number of hydrogen-bond donors (Lipinski definition) is 1. The number of aromatic nitrogens is 1. The SMILES string of the molecule is COC1C(N)C(OC)C1c1c(C)n(C)c2ccccc12. The van der Waals surface area contributed by atoms with Gasteiger partial charge in [-0.25, -0.2) is 0 Å². The summed E-state index contributed by atoms with van der Waals surface area (Å²) >= 11 is 0. The summed E-state index contributed by atoms with van der Waals surface area (Å²) in [5, 5.41) is 1.27. The van der Waals surface area contributed by atoms with Crippen LogP contribution in [-0.2, 0) is 16.5 Å². The van der Waals surface area contributed by atoms with Gasteiger partial charge in [-0.2, -0.15) is 0 Å². The minimum absolute atomic E-state index is 0.0180. The van der Waals surface area contributed by atoms with E-state index < -0.39 is 0 Å². The van der Waals surface area contributed by atoms with Crippen LogP contribution in [0.25, 0.3) is 10.9 Å². The predicted octanol–water partition coefficient (Wildman–Crippen LogP) is 1.94. The lowest BCUT2D eigenvalue weighted by Crippen LogP contribution is -2.64. The van der Waals surface area contributed by atoms with Crippen molar-refractivity contribution in [3.8, 4) is 0 Å². The van der Waals surface area contributed by atoms with E-state index in [1.807, 2.05) is 0 Å². The lowest BCUT2D eigenvalue weighted by molar-refractivity contribution is -0.111. The first kappa shape index (κ1) is 13.6. The minimum Gasteiger partial charge on any atom is -0.379 e. The fraction of sp³-hybridized carbons (Fsp3) is 0.500. The average Bonchev–Trinajstić information content (AvgIpc) is 2.70. The second-order valence-electron chi connectivity index (χ2n) is 5.58. The molecule has 0 radical (unpaired) electrons. The van der Waals surface area contributed by atoms with Gasteiger partial charge >= 0.3 is 0 Å². The molecule has 1 aromatic heterocycles. The molecule has 0 bridgehead atoms. The van der Waals surface area contributed by atoms with E-state index in [0.717, 1.165) is 0 Å². The molecule has 1 fully saturated rings. The average molecular weight is 274 g/mol. The minimum atomic E-state index is -0.0617. The molecule has 0 aliphatic heterocycles. The van der Waals surface area contributed by atoms with Crippen LogP contribution >= 0.6 is 0 Å². The summed E-state index contributed by atoms with van der Waals surface area (Å²) in [5.74, 6) is 0.200. The van der Waals surface area contributed by atoms with Crippen LogP contribution in [0.15, 0.2) is 24.3 Å². The molecule has 2 N–H and O–H groups in total. The molecule has 1 heterocycles. The first-order valence-electron chi connectivity index (χ1n) is 6.97. The van der Waals surface area contributed by atoms with Gasteiger partial charge in [0.15, 0.2) is 0 Å². The van der Waals surface area contributed by atoms with Crippen LogP contribution in [0.4, 0.5) is 0 Å². The van der Waals surface area contributed by atoms with Gasteiger partial charge in [-0.05, 0) is 18.6 Å². The van der Waals surface area contributed by atoms with E-state index in [2.05, 4.69) is 42.8 Å². The van der Waals surface area contributed by atoms with Crippen molar-refractivity contribution in [2.75, 3.05) is 14.2 Å². The van der Waals surface area contributed by atoms with Crippen molar-refractivity contribution < 1.29 is 9.47 Å². The molecule has 2 aromatic rings. The third-order valence-electron chi connectivity index (χ3n) is 4.79. The summed E-state index contributed by atoms with van der Waals surface area (Å²) in [7, 11) is 5.55. The Hall–Kier alpha value is -1.36. The number of benzene rings is 1. The molecular formula is C16H22N2O2. The van der Waals surface area contributed by atoms with Gasteiger partial charge in [0, 0.05) is 43.8 Å². The molecule has 108 valence electrons. The van der Waals surface area contributed by atoms with E-state index in [4.69, 9.17) is 15.2 Å². The van der Waals surface area contributed by atoms with Crippen LogP contribution in [0, 0.1) is 6.92 Å². The monoisotopic (exact) mass is 274 g/mol. The van der Waals surface area contributed by atoms with Crippen LogP contribution in [0.3, 0.4) is 0 Å². The van der Waals surface area contributed by atoms with Gasteiger partial charge in [0.05, 0.1) is 18.2 Å². The first-order valence-corrected chi connectivity index (χ1v) is 6.97. The molecular weight excluding hydrogens is 252 g/mol. The van der Waals surface area contributed by atoms with Crippen LogP contribution in [0.2, 0.25) is 0 Å². The highest BCUT2D eigenvalue weighted by atomic mass is 16.5. The van der Waals surface area contributed by atoms with Crippen LogP contribution < -0.4 is 5.73 Å². The molecule has 1 aromatic carbocycles. The van der Waals surface area contributed by atoms with Crippen molar-refractivity contribution in [2.45, 2.75) is 31.1 Å². The van der Waals surface area contributed by atoms with Gasteiger partial charge in [-0.1, -0.05) is 18.2 Å². The maximum absolute atomic E-state index is 6.16. The van der Waals surface area contributed by atoms with Crippen molar-refractivity contribution in [1.29, 1.82) is 0 Å². The number of ether oxygens (including phenoxy) is 2. The number of hydrogen-bond acceptors (Lipinski definition) is 3. The molecule has 0 amide bonds. The van der Waals surface area contributed by atoms with Crippen LogP contribution in [0.5, 0.6) is 0 Å². The number of aryl methyl sites for hydroxylation is 1. The van der Waals surface area contributed by atoms with E-state index in [1.54, 1.807) is 14.2 Å². The van der Waals surface area contributed by atoms with Crippen molar-refractivity contribution in [2.24, 2.45) is 12.8 Å². The molecule has 20 heavy (non-hydrogen) atoms. The molecule has 3 rings (SSSR count). The van der Waals surface area contributed by atoms with Crippen molar-refractivity contribution in [3.63, 3.8) is 0 Å². The zero-order chi connectivity index (χ0) is 14.4. The Morgan fingerprint density at radius 1 is 1.10 bits per heavy atom. The van der Waals surface area contributed by atoms with Crippen LogP contribution in [0.1, 0.15) is 17.2 Å². The Labute approximate surface area is 119 Å². The highest BCUT2D eigenvalue weighted by Gasteiger charge is 2.51. The highest BCUT2D eigenvalue weighted by molar-refractivity contribution is 5.86. The lowest BCUT2D eigenvalue weighted by atomic mass is 9.69. The Morgan fingerprint density at radius 2 is 1.70 bits per heavy atom. The third kappa shape index (κ3) is 1.65. The number of nitrogens with zero attached hydrogens (tertiary/aromatic N) is 1. The fourth-order valence-electron chi connectivity index (χ4n) is 3.61. The smallest absolute Gasteiger partial charge is 0.0842 e. The number of para-hydroxylation sites is 1. The summed E-state index contributed by atoms with van der Waals surface area (Å²) in [6.07, 6.45) is 0.0360. The van der Waals surface area contributed by atoms with Gasteiger partial charge in [0.1, 0.15) is 0 Å². The van der Waals surface area contributed by atoms with E-state index >= 15 is 0 Å². The number of rotatable bonds is 3. The predicted molar refractivity (Wildman–Crippen MR) is 80.0 cm³/mol. The van der Waals surface area contributed by atoms with Crippen molar-refractivity contribution >= 4 is 10.9 Å². The Kier molecular flexibility index (Phi) is 3.32. The Morgan fingerprint density at radius 3 is 2.30 bits per heavy atom. The summed E-state index contributed by atoms with van der Waals surface area (Å²) < 4.78 is 13.4. The zero-order valence-electron chi connectivity index (χ0n) is 12.5. The van der Waals surface area contributed by atoms with Gasteiger partial charge in [-0.3, -0.25) is 0 Å². The number of fused-ring (bicyclic) bond motifs is 1. The Bertz CT molecular complexity index is 623. The molecule has 1 aliphatic rings. The molecule has 0 spiro atoms. The topological polar surface area (TPSA) is 49.4 Å². The maximum Gasteiger partial charge on any atom is 0.0842 e. The standard InChI is InChI=1S/C16H22N2O2/c1-9-12(10-7-5-6-8-11(10)18(9)2)13-15(19-3)14(17)16(13)20-4/h5-8,13-16H,17H2,1-4H3. The van der Waals surface area contributed by atoms with Gasteiger partial charge in [0.2, 0.25) is 0 Å². The largest absolute Gasteiger partial charge is 0.379 e. The molecule has 1 aliphatic carbocycles. The summed E-state index contributed by atoms with van der Waals surface area (Å²) in [4.78, 5) is 0. The quantitative estimate of drug-likeness (QED) is 0.930. The van der Waals surface area contributed by atoms with E-state index in [0.29, 0.717) is 0 Å². The first-order chi connectivity index (χ1) is 9.61. The molecule has 4 nitrogen and oxygen atoms in total. The molecule has 2 unspecified atom stereocenters. The van der Waals surface area contributed by atoms with E-state index in [-0.39, 0.29) is 24.2 Å². The van der Waals surface area contributed by atoms with Gasteiger partial charge in [-0.15, -0.1) is 0 Å². The zero-order valence-corrected chi connectivity index (χ0v) is 12.5. The molecule has 2 atom stereocenters. The van der Waals surface area contributed by atoms with Crippen molar-refractivity contribution in [1.82, 2.24) is 4.57 Å². The highest BCUT2D eigenvalue weighted by Crippen LogP contribution is 2.45. The van der Waals surface area contributed by atoms with Crippen molar-refractivity contribution in [3.05, 3.63) is 35.5 Å². The maximum atomic E-state index is 6.16. The molecule has 0 saturated heterocycles. The summed E-state index contributed by atoms with van der Waals surface area (Å²) in [5.41, 5.74) is 9.97. The molecule has 4 heteroatoms. The van der Waals surface area contributed by atoms with Gasteiger partial charge < -0.3 is 19.8 Å².